The summed E-state index contributed by atoms with van der Waals surface area (Å²) in [5, 5.41) is 33.4. The Morgan fingerprint density at radius 2 is 0.594 bits per heavy atom. The molecule has 0 fully saturated rings. The number of hydrogen-bond acceptors (Lipinski definition) is 4. The lowest BCUT2D eigenvalue weighted by molar-refractivity contribution is -0.131. The third-order valence-electron chi connectivity index (χ3n) is 15.0. The predicted molar refractivity (Wildman–Crippen MR) is 305 cm³/mol. The van der Waals surface area contributed by atoms with Crippen LogP contribution in [0, 0.1) is 0 Å². The van der Waals surface area contributed by atoms with Gasteiger partial charge in [0.25, 0.3) is 0 Å². The molecule has 0 aromatic heterocycles. The molecule has 0 saturated heterocycles. The van der Waals surface area contributed by atoms with Crippen LogP contribution in [0.25, 0.3) is 0 Å². The zero-order valence-corrected chi connectivity index (χ0v) is 47.0. The zero-order valence-electron chi connectivity index (χ0n) is 47.0. The molecule has 410 valence electrons. The molecule has 0 rings (SSSR count). The second kappa shape index (κ2) is 59.4. The third-order valence-corrected chi connectivity index (χ3v) is 15.0. The summed E-state index contributed by atoms with van der Waals surface area (Å²) >= 11 is 0. The molecular weight excluding hydrogens is 847 g/mol. The average molecular weight is 973 g/mol. The van der Waals surface area contributed by atoms with Gasteiger partial charge in [0, 0.05) is 0 Å². The Morgan fingerprint density at radius 3 is 0.884 bits per heavy atom. The zero-order chi connectivity index (χ0) is 50.0. The molecule has 0 spiro atoms. The summed E-state index contributed by atoms with van der Waals surface area (Å²) in [5.74, 6) is -0.505. The van der Waals surface area contributed by atoms with Crippen molar-refractivity contribution in [1.82, 2.24) is 5.32 Å². The van der Waals surface area contributed by atoms with Gasteiger partial charge in [-0.1, -0.05) is 346 Å². The monoisotopic (exact) mass is 972 g/mol. The van der Waals surface area contributed by atoms with Crippen LogP contribution < -0.4 is 5.32 Å². The summed E-state index contributed by atoms with van der Waals surface area (Å²) in [7, 11) is 0. The van der Waals surface area contributed by atoms with Crippen molar-refractivity contribution in [2.45, 2.75) is 372 Å². The molecule has 69 heavy (non-hydrogen) atoms. The van der Waals surface area contributed by atoms with Crippen LogP contribution >= 0.6 is 0 Å². The number of rotatable bonds is 59. The summed E-state index contributed by atoms with van der Waals surface area (Å²) in [6.45, 7) is 4.22. The largest absolute Gasteiger partial charge is 0.394 e. The quantitative estimate of drug-likeness (QED) is 0.0361. The van der Waals surface area contributed by atoms with Crippen LogP contribution in [0.4, 0.5) is 0 Å². The number of nitrogens with one attached hydrogen (secondary N) is 1. The molecule has 0 radical (unpaired) electrons. The molecule has 4 N–H and O–H groups in total. The Bertz CT molecular complexity index is 1030. The number of amides is 1. The van der Waals surface area contributed by atoms with E-state index in [9.17, 15) is 20.1 Å². The van der Waals surface area contributed by atoms with Crippen LogP contribution in [0.15, 0.2) is 24.3 Å². The fraction of sp³-hybridized carbons (Fsp3) is 0.922. The third kappa shape index (κ3) is 54.4. The number of carbonyl (C=O) groups excluding carboxylic acids is 1. The van der Waals surface area contributed by atoms with Crippen molar-refractivity contribution in [3.63, 3.8) is 0 Å². The number of hydrogen-bond donors (Lipinski definition) is 4. The summed E-state index contributed by atoms with van der Waals surface area (Å²) in [6.07, 6.45) is 77.2. The highest BCUT2D eigenvalue weighted by atomic mass is 16.3. The Balaban J connectivity index is 3.52. The first-order chi connectivity index (χ1) is 34.1. The number of aliphatic hydroxyl groups excluding tert-OH is 3. The standard InChI is InChI=1S/C64H125NO4/c1-3-5-7-9-11-13-15-17-19-21-23-25-27-29-30-31-32-33-34-35-37-39-41-43-45-47-49-51-53-55-57-59-63(68)64(69)65-61(60-66)62(67)58-56-54-52-50-48-46-44-42-40-38-36-28-26-24-22-20-18-16-14-12-10-8-6-4-2/h48,50,56,58,61-63,66-68H,3-47,49,51-55,57,59-60H2,1-2H3,(H,65,69)/b50-48+,58-56+. The minimum absolute atomic E-state index is 0.372. The molecule has 0 saturated carbocycles. The van der Waals surface area contributed by atoms with E-state index in [1.54, 1.807) is 6.08 Å². The smallest absolute Gasteiger partial charge is 0.249 e. The van der Waals surface area contributed by atoms with Crippen molar-refractivity contribution in [3.05, 3.63) is 24.3 Å². The maximum Gasteiger partial charge on any atom is 0.249 e. The van der Waals surface area contributed by atoms with E-state index in [-0.39, 0.29) is 6.61 Å². The first kappa shape index (κ1) is 67.8. The Labute approximate surface area is 432 Å². The average Bonchev–Trinajstić information content (AvgIpc) is 3.35. The lowest BCUT2D eigenvalue weighted by Gasteiger charge is -2.21. The molecule has 0 aromatic carbocycles. The van der Waals surface area contributed by atoms with E-state index >= 15 is 0 Å². The lowest BCUT2D eigenvalue weighted by Crippen LogP contribution is -2.48. The van der Waals surface area contributed by atoms with Gasteiger partial charge < -0.3 is 20.6 Å². The van der Waals surface area contributed by atoms with Gasteiger partial charge in [-0.05, 0) is 32.1 Å². The van der Waals surface area contributed by atoms with E-state index in [0.717, 1.165) is 38.5 Å². The van der Waals surface area contributed by atoms with Crippen molar-refractivity contribution in [1.29, 1.82) is 0 Å². The van der Waals surface area contributed by atoms with Gasteiger partial charge >= 0.3 is 0 Å². The van der Waals surface area contributed by atoms with Crippen molar-refractivity contribution in [2.75, 3.05) is 6.61 Å². The SMILES string of the molecule is CCCCCCCCCCCCCCCCCCCC/C=C/CC/C=C/C(O)C(CO)NC(=O)C(O)CCCCCCCCCCCCCCCCCCCCCCCCCCCCCCCCC. The van der Waals surface area contributed by atoms with E-state index in [1.165, 1.54) is 295 Å². The Hall–Kier alpha value is -1.17. The fourth-order valence-corrected chi connectivity index (χ4v) is 10.1. The topological polar surface area (TPSA) is 89.8 Å². The second-order valence-corrected chi connectivity index (χ2v) is 22.0. The van der Waals surface area contributed by atoms with Gasteiger partial charge in [0.1, 0.15) is 6.10 Å². The minimum Gasteiger partial charge on any atom is -0.394 e. The van der Waals surface area contributed by atoms with Gasteiger partial charge in [0.15, 0.2) is 0 Å². The predicted octanol–water partition coefficient (Wildman–Crippen LogP) is 20.0. The van der Waals surface area contributed by atoms with E-state index in [0.29, 0.717) is 6.42 Å². The highest BCUT2D eigenvalue weighted by Gasteiger charge is 2.22. The molecule has 0 aliphatic heterocycles. The van der Waals surface area contributed by atoms with Crippen LogP contribution in [0.2, 0.25) is 0 Å². The van der Waals surface area contributed by atoms with Gasteiger partial charge in [-0.15, -0.1) is 0 Å². The first-order valence-corrected chi connectivity index (χ1v) is 31.7. The molecule has 3 unspecified atom stereocenters. The molecule has 0 aliphatic carbocycles. The second-order valence-electron chi connectivity index (χ2n) is 22.0. The molecule has 0 bridgehead atoms. The molecule has 5 heteroatoms. The van der Waals surface area contributed by atoms with E-state index < -0.39 is 24.2 Å². The van der Waals surface area contributed by atoms with E-state index in [4.69, 9.17) is 0 Å². The van der Waals surface area contributed by atoms with E-state index in [2.05, 4.69) is 31.3 Å². The summed E-state index contributed by atoms with van der Waals surface area (Å²) in [4.78, 5) is 12.6. The maximum atomic E-state index is 12.6. The Morgan fingerprint density at radius 1 is 0.348 bits per heavy atom. The fourth-order valence-electron chi connectivity index (χ4n) is 10.1. The van der Waals surface area contributed by atoms with Gasteiger partial charge in [-0.2, -0.15) is 0 Å². The number of aliphatic hydroxyl groups is 3. The number of allylic oxidation sites excluding steroid dienone is 3. The highest BCUT2D eigenvalue weighted by molar-refractivity contribution is 5.80. The summed E-state index contributed by atoms with van der Waals surface area (Å²) in [5.41, 5.74) is 0. The normalized spacial score (nSPS) is 13.3. The minimum atomic E-state index is -1.10. The molecule has 0 aliphatic rings. The molecule has 3 atom stereocenters. The van der Waals surface area contributed by atoms with Crippen molar-refractivity contribution in [3.8, 4) is 0 Å². The highest BCUT2D eigenvalue weighted by Crippen LogP contribution is 2.19. The van der Waals surface area contributed by atoms with Crippen molar-refractivity contribution in [2.24, 2.45) is 0 Å². The first-order valence-electron chi connectivity index (χ1n) is 31.7. The molecule has 5 nitrogen and oxygen atoms in total. The van der Waals surface area contributed by atoms with Crippen LogP contribution in [-0.4, -0.2) is 46.1 Å². The molecular formula is C64H125NO4. The summed E-state index contributed by atoms with van der Waals surface area (Å²) < 4.78 is 0. The maximum absolute atomic E-state index is 12.6. The van der Waals surface area contributed by atoms with Crippen molar-refractivity contribution < 1.29 is 20.1 Å². The summed E-state index contributed by atoms with van der Waals surface area (Å²) in [6, 6.07) is -0.813. The van der Waals surface area contributed by atoms with Gasteiger partial charge in [-0.25, -0.2) is 0 Å². The van der Waals surface area contributed by atoms with Crippen LogP contribution in [0.5, 0.6) is 0 Å². The lowest BCUT2D eigenvalue weighted by atomic mass is 10.0. The number of unbranched alkanes of at least 4 members (excludes halogenated alkanes) is 49. The van der Waals surface area contributed by atoms with Crippen LogP contribution in [-0.2, 0) is 4.79 Å². The number of carbonyl (C=O) groups is 1. The van der Waals surface area contributed by atoms with Crippen molar-refractivity contribution >= 4 is 5.91 Å². The Kier molecular flexibility index (Phi) is 58.4. The van der Waals surface area contributed by atoms with Crippen LogP contribution in [0.1, 0.15) is 354 Å². The van der Waals surface area contributed by atoms with Gasteiger partial charge in [-0.3, -0.25) is 4.79 Å². The van der Waals surface area contributed by atoms with E-state index in [1.807, 2.05) is 6.08 Å². The molecule has 0 heterocycles. The van der Waals surface area contributed by atoms with Gasteiger partial charge in [0.05, 0.1) is 18.8 Å². The molecule has 1 amide bonds. The van der Waals surface area contributed by atoms with Crippen LogP contribution in [0.3, 0.4) is 0 Å². The van der Waals surface area contributed by atoms with Gasteiger partial charge in [0.2, 0.25) is 5.91 Å². The molecule has 0 aromatic rings.